The number of carbonyl (C=O) groups is 1. The Labute approximate surface area is 170 Å². The van der Waals surface area contributed by atoms with E-state index in [9.17, 15) is 4.79 Å². The highest BCUT2D eigenvalue weighted by Crippen LogP contribution is 2.30. The van der Waals surface area contributed by atoms with Crippen LogP contribution >= 0.6 is 0 Å². The Bertz CT molecular complexity index is 981. The summed E-state index contributed by atoms with van der Waals surface area (Å²) in [4.78, 5) is 18.9. The first kappa shape index (κ1) is 19.2. The minimum Gasteiger partial charge on any atom is -0.494 e. The molecule has 29 heavy (non-hydrogen) atoms. The molecule has 1 aromatic heterocycles. The van der Waals surface area contributed by atoms with E-state index < -0.39 is 0 Å². The maximum atomic E-state index is 12.5. The number of amides is 1. The first-order valence-electron chi connectivity index (χ1n) is 10.0. The topological polar surface area (TPSA) is 68.5 Å². The lowest BCUT2D eigenvalue weighted by atomic mass is 10.1. The number of hydrogen-bond donors (Lipinski definition) is 0. The van der Waals surface area contributed by atoms with E-state index >= 15 is 0 Å². The molecular formula is C23H25N3O3. The summed E-state index contributed by atoms with van der Waals surface area (Å²) in [7, 11) is 0. The van der Waals surface area contributed by atoms with E-state index in [4.69, 9.17) is 9.26 Å². The molecule has 0 N–H and O–H groups in total. The van der Waals surface area contributed by atoms with E-state index in [1.54, 1.807) is 0 Å². The number of hydrogen-bond acceptors (Lipinski definition) is 5. The van der Waals surface area contributed by atoms with Crippen molar-refractivity contribution in [1.82, 2.24) is 15.0 Å². The molecule has 1 aliphatic rings. The molecule has 1 fully saturated rings. The van der Waals surface area contributed by atoms with Crippen LogP contribution in [0.15, 0.2) is 53.1 Å². The third-order valence-corrected chi connectivity index (χ3v) is 5.17. The van der Waals surface area contributed by atoms with Gasteiger partial charge in [0.05, 0.1) is 6.61 Å². The number of benzene rings is 2. The third-order valence-electron chi connectivity index (χ3n) is 5.17. The van der Waals surface area contributed by atoms with Gasteiger partial charge in [0, 0.05) is 31.0 Å². The predicted molar refractivity (Wildman–Crippen MR) is 109 cm³/mol. The van der Waals surface area contributed by atoms with Crippen molar-refractivity contribution in [3.8, 4) is 17.2 Å². The van der Waals surface area contributed by atoms with Gasteiger partial charge in [-0.1, -0.05) is 42.4 Å². The summed E-state index contributed by atoms with van der Waals surface area (Å²) in [5, 5.41) is 4.15. The second-order valence-corrected chi connectivity index (χ2v) is 7.44. The number of carbonyl (C=O) groups excluding carboxylic acids is 1. The van der Waals surface area contributed by atoms with Gasteiger partial charge in [-0.05, 0) is 42.7 Å². The SMILES string of the molecule is CCCOc1ccc(CN2CC(c3noc(-c4ccccc4C)n3)CC2=O)cc1. The van der Waals surface area contributed by atoms with Gasteiger partial charge in [0.1, 0.15) is 5.75 Å². The summed E-state index contributed by atoms with van der Waals surface area (Å²) in [5.41, 5.74) is 3.09. The molecule has 2 heterocycles. The van der Waals surface area contributed by atoms with Gasteiger partial charge >= 0.3 is 0 Å². The molecule has 0 bridgehead atoms. The quantitative estimate of drug-likeness (QED) is 0.599. The number of likely N-dealkylation sites (tertiary alicyclic amines) is 1. The molecule has 6 heteroatoms. The van der Waals surface area contributed by atoms with Crippen LogP contribution in [-0.2, 0) is 11.3 Å². The van der Waals surface area contributed by atoms with E-state index in [1.165, 1.54) is 0 Å². The summed E-state index contributed by atoms with van der Waals surface area (Å²) < 4.78 is 11.1. The highest BCUT2D eigenvalue weighted by molar-refractivity contribution is 5.79. The third kappa shape index (κ3) is 4.31. The molecule has 4 rings (SSSR count). The molecule has 6 nitrogen and oxygen atoms in total. The lowest BCUT2D eigenvalue weighted by Crippen LogP contribution is -2.24. The number of aryl methyl sites for hydroxylation is 1. The molecule has 1 aliphatic heterocycles. The van der Waals surface area contributed by atoms with Crippen LogP contribution in [0.4, 0.5) is 0 Å². The van der Waals surface area contributed by atoms with E-state index in [2.05, 4.69) is 17.1 Å². The summed E-state index contributed by atoms with van der Waals surface area (Å²) in [6.45, 7) is 5.97. The molecule has 1 unspecified atom stereocenters. The van der Waals surface area contributed by atoms with Crippen molar-refractivity contribution < 1.29 is 14.1 Å². The van der Waals surface area contributed by atoms with Gasteiger partial charge in [0.15, 0.2) is 5.82 Å². The normalized spacial score (nSPS) is 16.4. The second kappa shape index (κ2) is 8.47. The lowest BCUT2D eigenvalue weighted by molar-refractivity contribution is -0.128. The maximum Gasteiger partial charge on any atom is 0.258 e. The van der Waals surface area contributed by atoms with Gasteiger partial charge in [-0.15, -0.1) is 0 Å². The van der Waals surface area contributed by atoms with Crippen LogP contribution in [0, 0.1) is 6.92 Å². The molecule has 1 saturated heterocycles. The Morgan fingerprint density at radius 1 is 1.17 bits per heavy atom. The van der Waals surface area contributed by atoms with Gasteiger partial charge in [-0.25, -0.2) is 0 Å². The minimum atomic E-state index is -0.0452. The van der Waals surface area contributed by atoms with Gasteiger partial charge in [-0.3, -0.25) is 4.79 Å². The Morgan fingerprint density at radius 3 is 2.72 bits per heavy atom. The van der Waals surface area contributed by atoms with Crippen molar-refractivity contribution in [1.29, 1.82) is 0 Å². The first-order chi connectivity index (χ1) is 14.1. The van der Waals surface area contributed by atoms with Gasteiger partial charge in [0.25, 0.3) is 5.89 Å². The smallest absolute Gasteiger partial charge is 0.258 e. The van der Waals surface area contributed by atoms with Crippen molar-refractivity contribution in [2.75, 3.05) is 13.2 Å². The number of aromatic nitrogens is 2. The zero-order valence-corrected chi connectivity index (χ0v) is 16.8. The second-order valence-electron chi connectivity index (χ2n) is 7.44. The van der Waals surface area contributed by atoms with Crippen LogP contribution in [0.3, 0.4) is 0 Å². The Balaban J connectivity index is 1.41. The van der Waals surface area contributed by atoms with E-state index in [0.29, 0.717) is 37.8 Å². The number of ether oxygens (including phenoxy) is 1. The number of nitrogens with zero attached hydrogens (tertiary/aromatic N) is 3. The van der Waals surface area contributed by atoms with E-state index in [1.807, 2.05) is 60.4 Å². The van der Waals surface area contributed by atoms with Crippen molar-refractivity contribution in [2.24, 2.45) is 0 Å². The fourth-order valence-corrected chi connectivity index (χ4v) is 3.55. The number of rotatable bonds is 7. The van der Waals surface area contributed by atoms with Gasteiger partial charge in [-0.2, -0.15) is 4.98 Å². The Hall–Kier alpha value is -3.15. The van der Waals surface area contributed by atoms with Gasteiger partial charge < -0.3 is 14.2 Å². The summed E-state index contributed by atoms with van der Waals surface area (Å²) in [6, 6.07) is 15.8. The fourth-order valence-electron chi connectivity index (χ4n) is 3.55. The van der Waals surface area contributed by atoms with Crippen molar-refractivity contribution in [2.45, 2.75) is 39.2 Å². The summed E-state index contributed by atoms with van der Waals surface area (Å²) in [6.07, 6.45) is 1.39. The molecule has 0 spiro atoms. The molecular weight excluding hydrogens is 366 g/mol. The van der Waals surface area contributed by atoms with Crippen molar-refractivity contribution in [3.63, 3.8) is 0 Å². The highest BCUT2D eigenvalue weighted by Gasteiger charge is 2.33. The van der Waals surface area contributed by atoms with E-state index in [-0.39, 0.29) is 11.8 Å². The average Bonchev–Trinajstić information content (AvgIpc) is 3.35. The molecule has 3 aromatic rings. The van der Waals surface area contributed by atoms with Crippen LogP contribution in [-0.4, -0.2) is 34.1 Å². The average molecular weight is 391 g/mol. The molecule has 0 aliphatic carbocycles. The lowest BCUT2D eigenvalue weighted by Gasteiger charge is -2.16. The van der Waals surface area contributed by atoms with Crippen molar-refractivity contribution in [3.05, 3.63) is 65.5 Å². The predicted octanol–water partition coefficient (Wildman–Crippen LogP) is 4.35. The molecule has 0 radical (unpaired) electrons. The Kier molecular flexibility index (Phi) is 5.60. The minimum absolute atomic E-state index is 0.0452. The molecule has 1 amide bonds. The van der Waals surface area contributed by atoms with Crippen LogP contribution in [0.25, 0.3) is 11.5 Å². The zero-order chi connectivity index (χ0) is 20.2. The highest BCUT2D eigenvalue weighted by atomic mass is 16.5. The van der Waals surface area contributed by atoms with Crippen LogP contribution in [0.5, 0.6) is 5.75 Å². The van der Waals surface area contributed by atoms with Crippen molar-refractivity contribution >= 4 is 5.91 Å². The van der Waals surface area contributed by atoms with Crippen LogP contribution in [0.1, 0.15) is 42.6 Å². The standard InChI is InChI=1S/C23H25N3O3/c1-3-12-28-19-10-8-17(9-11-19)14-26-15-18(13-21(26)27)22-24-23(29-25-22)20-7-5-4-6-16(20)2/h4-11,18H,3,12-15H2,1-2H3. The fraction of sp³-hybridized carbons (Fsp3) is 0.348. The Morgan fingerprint density at radius 2 is 1.97 bits per heavy atom. The molecule has 0 saturated carbocycles. The molecule has 1 atom stereocenters. The molecule has 2 aromatic carbocycles. The largest absolute Gasteiger partial charge is 0.494 e. The maximum absolute atomic E-state index is 12.5. The first-order valence-corrected chi connectivity index (χ1v) is 10.0. The zero-order valence-electron chi connectivity index (χ0n) is 16.8. The van der Waals surface area contributed by atoms with E-state index in [0.717, 1.165) is 28.9 Å². The van der Waals surface area contributed by atoms with Gasteiger partial charge in [0.2, 0.25) is 5.91 Å². The van der Waals surface area contributed by atoms with Crippen LogP contribution < -0.4 is 4.74 Å². The summed E-state index contributed by atoms with van der Waals surface area (Å²) >= 11 is 0. The monoisotopic (exact) mass is 391 g/mol. The van der Waals surface area contributed by atoms with Crippen LogP contribution in [0.2, 0.25) is 0 Å². The molecule has 150 valence electrons. The summed E-state index contributed by atoms with van der Waals surface area (Å²) in [5.74, 6) is 2.03.